The molecule has 130 valence electrons. The van der Waals surface area contributed by atoms with Gasteiger partial charge in [0, 0.05) is 25.4 Å². The fourth-order valence-electron chi connectivity index (χ4n) is 3.58. The average Bonchev–Trinajstić information content (AvgIpc) is 3.11. The summed E-state index contributed by atoms with van der Waals surface area (Å²) in [7, 11) is 0. The van der Waals surface area contributed by atoms with Crippen LogP contribution in [0, 0.1) is 24.6 Å². The number of aliphatic hydroxyl groups is 1. The van der Waals surface area contributed by atoms with Gasteiger partial charge in [-0.3, -0.25) is 9.59 Å². The van der Waals surface area contributed by atoms with Gasteiger partial charge in [-0.25, -0.2) is 4.39 Å². The molecule has 1 heterocycles. The molecule has 3 unspecified atom stereocenters. The average molecular weight is 334 g/mol. The quantitative estimate of drug-likeness (QED) is 0.882. The van der Waals surface area contributed by atoms with Gasteiger partial charge < -0.3 is 15.3 Å². The highest BCUT2D eigenvalue weighted by molar-refractivity contribution is 6.00. The number of hydrogen-bond acceptors (Lipinski definition) is 3. The van der Waals surface area contributed by atoms with Gasteiger partial charge in [0.05, 0.1) is 17.7 Å². The van der Waals surface area contributed by atoms with Gasteiger partial charge in [0.2, 0.25) is 11.8 Å². The maximum atomic E-state index is 14.1. The monoisotopic (exact) mass is 334 g/mol. The number of amides is 2. The minimum absolute atomic E-state index is 0.0897. The molecule has 1 aromatic carbocycles. The SMILES string of the molecule is Cc1ccc(N2CC(C(=O)NCC3CCCC3O)CC2=O)c(F)c1. The molecule has 0 radical (unpaired) electrons. The number of nitrogens with zero attached hydrogens (tertiary/aromatic N) is 1. The van der Waals surface area contributed by atoms with Crippen molar-refractivity contribution in [1.82, 2.24) is 5.32 Å². The molecule has 3 rings (SSSR count). The van der Waals surface area contributed by atoms with Crippen LogP contribution in [0.4, 0.5) is 10.1 Å². The van der Waals surface area contributed by atoms with Crippen molar-refractivity contribution in [3.8, 4) is 0 Å². The number of carbonyl (C=O) groups is 2. The van der Waals surface area contributed by atoms with Gasteiger partial charge in [-0.2, -0.15) is 0 Å². The third kappa shape index (κ3) is 3.43. The standard InChI is InChI=1S/C18H23FN2O3/c1-11-5-6-15(14(19)7-11)21-10-13(8-17(21)23)18(24)20-9-12-3-2-4-16(12)22/h5-7,12-13,16,22H,2-4,8-10H2,1H3,(H,20,24). The summed E-state index contributed by atoms with van der Waals surface area (Å²) in [5, 5.41) is 12.6. The van der Waals surface area contributed by atoms with Crippen molar-refractivity contribution in [2.24, 2.45) is 11.8 Å². The van der Waals surface area contributed by atoms with E-state index in [2.05, 4.69) is 5.32 Å². The number of aliphatic hydroxyl groups excluding tert-OH is 1. The molecule has 1 aliphatic carbocycles. The molecule has 0 aromatic heterocycles. The molecule has 2 fully saturated rings. The van der Waals surface area contributed by atoms with Gasteiger partial charge >= 0.3 is 0 Å². The lowest BCUT2D eigenvalue weighted by Crippen LogP contribution is -2.37. The number of nitrogens with one attached hydrogen (secondary N) is 1. The molecule has 0 spiro atoms. The van der Waals surface area contributed by atoms with E-state index in [-0.39, 0.29) is 42.5 Å². The van der Waals surface area contributed by atoms with E-state index in [1.807, 2.05) is 0 Å². The van der Waals surface area contributed by atoms with Crippen LogP contribution in [0.25, 0.3) is 0 Å². The van der Waals surface area contributed by atoms with Crippen LogP contribution in [0.2, 0.25) is 0 Å². The van der Waals surface area contributed by atoms with E-state index in [4.69, 9.17) is 0 Å². The number of hydrogen-bond donors (Lipinski definition) is 2. The van der Waals surface area contributed by atoms with Crippen LogP contribution >= 0.6 is 0 Å². The summed E-state index contributed by atoms with van der Waals surface area (Å²) in [4.78, 5) is 25.8. The lowest BCUT2D eigenvalue weighted by molar-refractivity contribution is -0.126. The van der Waals surface area contributed by atoms with E-state index in [1.165, 1.54) is 11.0 Å². The van der Waals surface area contributed by atoms with Crippen LogP contribution in [-0.2, 0) is 9.59 Å². The lowest BCUT2D eigenvalue weighted by Gasteiger charge is -2.19. The second-order valence-corrected chi connectivity index (χ2v) is 6.86. The Morgan fingerprint density at radius 2 is 2.21 bits per heavy atom. The first-order valence-electron chi connectivity index (χ1n) is 8.48. The van der Waals surface area contributed by atoms with Gasteiger partial charge in [0.1, 0.15) is 5.82 Å². The first-order valence-corrected chi connectivity index (χ1v) is 8.48. The molecular formula is C18H23FN2O3. The molecule has 2 aliphatic rings. The van der Waals surface area contributed by atoms with Gasteiger partial charge in [-0.15, -0.1) is 0 Å². The molecule has 5 nitrogen and oxygen atoms in total. The zero-order valence-corrected chi connectivity index (χ0v) is 13.8. The fourth-order valence-corrected chi connectivity index (χ4v) is 3.58. The van der Waals surface area contributed by atoms with E-state index >= 15 is 0 Å². The number of anilines is 1. The Labute approximate surface area is 140 Å². The Balaban J connectivity index is 1.60. The number of aryl methyl sites for hydroxylation is 1. The van der Waals surface area contributed by atoms with Gasteiger partial charge in [0.25, 0.3) is 0 Å². The molecule has 2 amide bonds. The van der Waals surface area contributed by atoms with Crippen LogP contribution in [0.5, 0.6) is 0 Å². The van der Waals surface area contributed by atoms with Crippen molar-refractivity contribution < 1.29 is 19.1 Å². The van der Waals surface area contributed by atoms with Crippen LogP contribution in [-0.4, -0.2) is 36.1 Å². The summed E-state index contributed by atoms with van der Waals surface area (Å²) in [6.07, 6.45) is 2.40. The van der Waals surface area contributed by atoms with Crippen LogP contribution in [0.3, 0.4) is 0 Å². The first kappa shape index (κ1) is 16.9. The number of benzene rings is 1. The van der Waals surface area contributed by atoms with Gasteiger partial charge in [-0.1, -0.05) is 12.5 Å². The maximum absolute atomic E-state index is 14.1. The predicted molar refractivity (Wildman–Crippen MR) is 88.0 cm³/mol. The largest absolute Gasteiger partial charge is 0.393 e. The van der Waals surface area contributed by atoms with Gasteiger partial charge in [-0.05, 0) is 37.5 Å². The van der Waals surface area contributed by atoms with Crippen molar-refractivity contribution in [3.05, 3.63) is 29.6 Å². The highest BCUT2D eigenvalue weighted by atomic mass is 19.1. The van der Waals surface area contributed by atoms with E-state index in [1.54, 1.807) is 19.1 Å². The highest BCUT2D eigenvalue weighted by Crippen LogP contribution is 2.29. The van der Waals surface area contributed by atoms with Crippen molar-refractivity contribution >= 4 is 17.5 Å². The summed E-state index contributed by atoms with van der Waals surface area (Å²) >= 11 is 0. The highest BCUT2D eigenvalue weighted by Gasteiger charge is 2.36. The van der Waals surface area contributed by atoms with E-state index in [0.717, 1.165) is 24.8 Å². The van der Waals surface area contributed by atoms with Gasteiger partial charge in [0.15, 0.2) is 0 Å². The predicted octanol–water partition coefficient (Wildman–Crippen LogP) is 1.76. The third-order valence-electron chi connectivity index (χ3n) is 5.05. The molecule has 6 heteroatoms. The van der Waals surface area contributed by atoms with Crippen molar-refractivity contribution in [3.63, 3.8) is 0 Å². The Kier molecular flexibility index (Phi) is 4.85. The molecular weight excluding hydrogens is 311 g/mol. The Morgan fingerprint density at radius 1 is 1.42 bits per heavy atom. The van der Waals surface area contributed by atoms with Crippen molar-refractivity contribution in [1.29, 1.82) is 0 Å². The summed E-state index contributed by atoms with van der Waals surface area (Å²) in [5.41, 5.74) is 1.01. The number of halogens is 1. The second kappa shape index (κ2) is 6.89. The summed E-state index contributed by atoms with van der Waals surface area (Å²) in [6, 6.07) is 4.72. The second-order valence-electron chi connectivity index (χ2n) is 6.86. The van der Waals surface area contributed by atoms with E-state index < -0.39 is 11.7 Å². The molecule has 1 aromatic rings. The van der Waals surface area contributed by atoms with Crippen molar-refractivity contribution in [2.75, 3.05) is 18.0 Å². The first-order chi connectivity index (χ1) is 11.5. The van der Waals surface area contributed by atoms with E-state index in [9.17, 15) is 19.1 Å². The molecule has 24 heavy (non-hydrogen) atoms. The summed E-state index contributed by atoms with van der Waals surface area (Å²) < 4.78 is 14.1. The number of rotatable bonds is 4. The van der Waals surface area contributed by atoms with Crippen LogP contribution in [0.15, 0.2) is 18.2 Å². The Hall–Kier alpha value is -1.95. The van der Waals surface area contributed by atoms with E-state index in [0.29, 0.717) is 6.54 Å². The zero-order valence-electron chi connectivity index (χ0n) is 13.8. The summed E-state index contributed by atoms with van der Waals surface area (Å²) in [6.45, 7) is 2.41. The maximum Gasteiger partial charge on any atom is 0.227 e. The minimum Gasteiger partial charge on any atom is -0.393 e. The molecule has 3 atom stereocenters. The van der Waals surface area contributed by atoms with Crippen LogP contribution < -0.4 is 10.2 Å². The molecule has 1 saturated carbocycles. The Bertz CT molecular complexity index is 649. The molecule has 0 bridgehead atoms. The fraction of sp³-hybridized carbons (Fsp3) is 0.556. The lowest BCUT2D eigenvalue weighted by atomic mass is 10.0. The smallest absolute Gasteiger partial charge is 0.227 e. The molecule has 1 aliphatic heterocycles. The van der Waals surface area contributed by atoms with Crippen molar-refractivity contribution in [2.45, 2.75) is 38.7 Å². The summed E-state index contributed by atoms with van der Waals surface area (Å²) in [5.74, 6) is -1.26. The Morgan fingerprint density at radius 3 is 2.88 bits per heavy atom. The normalized spacial score (nSPS) is 26.9. The third-order valence-corrected chi connectivity index (χ3v) is 5.05. The minimum atomic E-state index is -0.475. The molecule has 1 saturated heterocycles. The topological polar surface area (TPSA) is 69.6 Å². The molecule has 2 N–H and O–H groups in total. The number of carbonyl (C=O) groups excluding carboxylic acids is 2. The van der Waals surface area contributed by atoms with Crippen LogP contribution in [0.1, 0.15) is 31.2 Å². The zero-order chi connectivity index (χ0) is 17.3.